The molecule has 108 valence electrons. The highest BCUT2D eigenvalue weighted by Crippen LogP contribution is 2.57. The first-order valence-corrected chi connectivity index (χ1v) is 8.37. The van der Waals surface area contributed by atoms with Crippen LogP contribution in [0.15, 0.2) is 0 Å². The molecule has 3 nitrogen and oxygen atoms in total. The van der Waals surface area contributed by atoms with Crippen LogP contribution in [-0.2, 0) is 4.74 Å². The molecule has 5 rings (SSSR count). The second kappa shape index (κ2) is 5.01. The van der Waals surface area contributed by atoms with Crippen LogP contribution in [0.1, 0.15) is 32.1 Å². The van der Waals surface area contributed by atoms with Crippen molar-refractivity contribution in [3.8, 4) is 0 Å². The molecule has 5 aliphatic rings. The van der Waals surface area contributed by atoms with E-state index < -0.39 is 0 Å². The van der Waals surface area contributed by atoms with Gasteiger partial charge in [-0.3, -0.25) is 4.90 Å². The van der Waals surface area contributed by atoms with E-state index in [0.717, 1.165) is 62.4 Å². The summed E-state index contributed by atoms with van der Waals surface area (Å²) < 4.78 is 5.52. The summed E-state index contributed by atoms with van der Waals surface area (Å²) in [5.74, 6) is 5.03. The minimum absolute atomic E-state index is 0.638. The molecule has 19 heavy (non-hydrogen) atoms. The Labute approximate surface area is 116 Å². The maximum Gasteiger partial charge on any atom is 0.0594 e. The summed E-state index contributed by atoms with van der Waals surface area (Å²) in [6, 6.07) is 0.638. The van der Waals surface area contributed by atoms with Crippen molar-refractivity contribution in [2.45, 2.75) is 38.1 Å². The molecule has 3 heteroatoms. The van der Waals surface area contributed by atoms with Crippen LogP contribution in [0.25, 0.3) is 0 Å². The van der Waals surface area contributed by atoms with Gasteiger partial charge in [-0.15, -0.1) is 0 Å². The molecule has 4 saturated carbocycles. The zero-order valence-electron chi connectivity index (χ0n) is 12.0. The minimum Gasteiger partial charge on any atom is -0.379 e. The quantitative estimate of drug-likeness (QED) is 0.843. The van der Waals surface area contributed by atoms with Gasteiger partial charge in [-0.25, -0.2) is 0 Å². The van der Waals surface area contributed by atoms with Crippen molar-refractivity contribution < 1.29 is 4.74 Å². The highest BCUT2D eigenvalue weighted by atomic mass is 16.5. The molecular formula is C16H28N2O. The SMILES string of the molecule is NCC(C1C2CC3CC(C2)CC1C3)N1CCOCC1. The molecular weight excluding hydrogens is 236 g/mol. The molecule has 1 unspecified atom stereocenters. The average Bonchev–Trinajstić information content (AvgIpc) is 2.43. The lowest BCUT2D eigenvalue weighted by Gasteiger charge is -2.58. The summed E-state index contributed by atoms with van der Waals surface area (Å²) in [5, 5.41) is 0. The maximum atomic E-state index is 6.20. The molecule has 0 spiro atoms. The van der Waals surface area contributed by atoms with Crippen LogP contribution in [0.5, 0.6) is 0 Å². The van der Waals surface area contributed by atoms with E-state index in [9.17, 15) is 0 Å². The molecule has 0 radical (unpaired) electrons. The molecule has 5 fully saturated rings. The highest BCUT2D eigenvalue weighted by Gasteiger charge is 2.51. The van der Waals surface area contributed by atoms with Gasteiger partial charge in [0, 0.05) is 25.7 Å². The minimum atomic E-state index is 0.638. The fourth-order valence-electron chi connectivity index (χ4n) is 6.05. The Morgan fingerprint density at radius 3 is 2.05 bits per heavy atom. The zero-order valence-corrected chi connectivity index (χ0v) is 12.0. The van der Waals surface area contributed by atoms with Crippen LogP contribution in [-0.4, -0.2) is 43.8 Å². The van der Waals surface area contributed by atoms with E-state index in [1.54, 1.807) is 6.42 Å². The van der Waals surface area contributed by atoms with E-state index >= 15 is 0 Å². The van der Waals surface area contributed by atoms with Gasteiger partial charge in [0.1, 0.15) is 0 Å². The van der Waals surface area contributed by atoms with E-state index in [1.807, 2.05) is 0 Å². The normalized spacial score (nSPS) is 47.5. The van der Waals surface area contributed by atoms with E-state index in [4.69, 9.17) is 10.5 Å². The number of rotatable bonds is 3. The van der Waals surface area contributed by atoms with Gasteiger partial charge in [0.15, 0.2) is 0 Å². The van der Waals surface area contributed by atoms with Gasteiger partial charge >= 0.3 is 0 Å². The van der Waals surface area contributed by atoms with Crippen LogP contribution in [0, 0.1) is 29.6 Å². The number of ether oxygens (including phenoxy) is 1. The largest absolute Gasteiger partial charge is 0.379 e. The topological polar surface area (TPSA) is 38.5 Å². The fraction of sp³-hybridized carbons (Fsp3) is 1.00. The molecule has 4 aliphatic carbocycles. The fourth-order valence-corrected chi connectivity index (χ4v) is 6.05. The predicted molar refractivity (Wildman–Crippen MR) is 75.8 cm³/mol. The van der Waals surface area contributed by atoms with E-state index in [-0.39, 0.29) is 0 Å². The lowest BCUT2D eigenvalue weighted by atomic mass is 9.50. The van der Waals surface area contributed by atoms with Gasteiger partial charge in [-0.05, 0) is 61.7 Å². The Balaban J connectivity index is 1.53. The van der Waals surface area contributed by atoms with Gasteiger partial charge in [0.2, 0.25) is 0 Å². The first-order chi connectivity index (χ1) is 9.35. The molecule has 0 aromatic carbocycles. The maximum absolute atomic E-state index is 6.20. The molecule has 0 amide bonds. The highest BCUT2D eigenvalue weighted by molar-refractivity contribution is 5.02. The van der Waals surface area contributed by atoms with Gasteiger partial charge < -0.3 is 10.5 Å². The predicted octanol–water partition coefficient (Wildman–Crippen LogP) is 1.72. The second-order valence-corrected chi connectivity index (χ2v) is 7.46. The molecule has 4 bridgehead atoms. The molecule has 0 aromatic rings. The number of hydrogen-bond donors (Lipinski definition) is 1. The number of nitrogens with zero attached hydrogens (tertiary/aromatic N) is 1. The molecule has 1 saturated heterocycles. The lowest BCUT2D eigenvalue weighted by Crippen LogP contribution is -2.58. The van der Waals surface area contributed by atoms with Gasteiger partial charge in [0.25, 0.3) is 0 Å². The van der Waals surface area contributed by atoms with Gasteiger partial charge in [-0.1, -0.05) is 0 Å². The Bertz CT molecular complexity index is 299. The zero-order chi connectivity index (χ0) is 12.8. The van der Waals surface area contributed by atoms with E-state index in [0.29, 0.717) is 6.04 Å². The van der Waals surface area contributed by atoms with Crippen LogP contribution >= 0.6 is 0 Å². The Morgan fingerprint density at radius 1 is 0.947 bits per heavy atom. The summed E-state index contributed by atoms with van der Waals surface area (Å²) in [7, 11) is 0. The summed E-state index contributed by atoms with van der Waals surface area (Å²) in [5.41, 5.74) is 6.20. The number of nitrogens with two attached hydrogens (primary N) is 1. The van der Waals surface area contributed by atoms with Crippen molar-refractivity contribution in [1.29, 1.82) is 0 Å². The standard InChI is InChI=1S/C16H28N2O/c17-10-15(18-1-3-19-4-2-18)16-13-6-11-5-12(8-13)9-14(16)7-11/h11-16H,1-10,17H2. The third-order valence-electron chi connectivity index (χ3n) is 6.50. The molecule has 1 aliphatic heterocycles. The van der Waals surface area contributed by atoms with Gasteiger partial charge in [0.05, 0.1) is 13.2 Å². The van der Waals surface area contributed by atoms with E-state index in [2.05, 4.69) is 4.90 Å². The Hall–Kier alpha value is -0.120. The molecule has 1 heterocycles. The summed E-state index contributed by atoms with van der Waals surface area (Å²) in [6.45, 7) is 4.87. The average molecular weight is 264 g/mol. The number of hydrogen-bond acceptors (Lipinski definition) is 3. The van der Waals surface area contributed by atoms with Crippen molar-refractivity contribution in [3.63, 3.8) is 0 Å². The van der Waals surface area contributed by atoms with Crippen molar-refractivity contribution in [3.05, 3.63) is 0 Å². The third kappa shape index (κ3) is 2.14. The van der Waals surface area contributed by atoms with Crippen molar-refractivity contribution >= 4 is 0 Å². The monoisotopic (exact) mass is 264 g/mol. The summed E-state index contributed by atoms with van der Waals surface area (Å²) >= 11 is 0. The lowest BCUT2D eigenvalue weighted by molar-refractivity contribution is -0.0868. The van der Waals surface area contributed by atoms with Gasteiger partial charge in [-0.2, -0.15) is 0 Å². The Morgan fingerprint density at radius 2 is 1.53 bits per heavy atom. The third-order valence-corrected chi connectivity index (χ3v) is 6.50. The van der Waals surface area contributed by atoms with Crippen LogP contribution in [0.2, 0.25) is 0 Å². The van der Waals surface area contributed by atoms with Crippen molar-refractivity contribution in [1.82, 2.24) is 4.90 Å². The van der Waals surface area contributed by atoms with Crippen LogP contribution in [0.4, 0.5) is 0 Å². The van der Waals surface area contributed by atoms with E-state index in [1.165, 1.54) is 25.7 Å². The summed E-state index contributed by atoms with van der Waals surface area (Å²) in [6.07, 6.45) is 7.60. The number of morpholine rings is 1. The molecule has 1 atom stereocenters. The summed E-state index contributed by atoms with van der Waals surface area (Å²) in [4.78, 5) is 2.65. The second-order valence-electron chi connectivity index (χ2n) is 7.46. The molecule has 0 aromatic heterocycles. The first-order valence-electron chi connectivity index (χ1n) is 8.37. The van der Waals surface area contributed by atoms with Crippen LogP contribution in [0.3, 0.4) is 0 Å². The first kappa shape index (κ1) is 12.6. The van der Waals surface area contributed by atoms with Crippen molar-refractivity contribution in [2.24, 2.45) is 35.3 Å². The van der Waals surface area contributed by atoms with Crippen molar-refractivity contribution in [2.75, 3.05) is 32.8 Å². The van der Waals surface area contributed by atoms with Crippen LogP contribution < -0.4 is 5.73 Å². The Kier molecular flexibility index (Phi) is 3.33. The molecule has 2 N–H and O–H groups in total. The smallest absolute Gasteiger partial charge is 0.0594 e.